The number of benzene rings is 1. The molecule has 7 nitrogen and oxygen atoms in total. The number of aromatic nitrogens is 3. The molecule has 6 rings (SSSR count). The van der Waals surface area contributed by atoms with Crippen molar-refractivity contribution in [2.24, 2.45) is 11.3 Å². The lowest BCUT2D eigenvalue weighted by molar-refractivity contribution is -0.119. The summed E-state index contributed by atoms with van der Waals surface area (Å²) in [7, 11) is 0. The van der Waals surface area contributed by atoms with Gasteiger partial charge in [0.05, 0.1) is 18.7 Å². The van der Waals surface area contributed by atoms with E-state index in [0.717, 1.165) is 29.2 Å². The Labute approximate surface area is 193 Å². The molecule has 3 aliphatic carbocycles. The number of nitrogens with zero attached hydrogens (tertiary/aromatic N) is 4. The van der Waals surface area contributed by atoms with E-state index in [1.54, 1.807) is 4.68 Å². The quantitative estimate of drug-likeness (QED) is 0.464. The summed E-state index contributed by atoms with van der Waals surface area (Å²) in [6.45, 7) is 13.4. The maximum atomic E-state index is 12.9. The summed E-state index contributed by atoms with van der Waals surface area (Å²) in [5.41, 5.74) is 10.2. The van der Waals surface area contributed by atoms with Gasteiger partial charge in [-0.1, -0.05) is 36.3 Å². The second-order valence-electron chi connectivity index (χ2n) is 10.2. The third kappa shape index (κ3) is 3.74. The normalized spacial score (nSPS) is 21.8. The van der Waals surface area contributed by atoms with Crippen molar-refractivity contribution in [1.82, 2.24) is 14.9 Å². The average Bonchev–Trinajstić information content (AvgIpc) is 3.32. The van der Waals surface area contributed by atoms with Crippen LogP contribution < -0.4 is 5.73 Å². The number of ketones is 1. The Morgan fingerprint density at radius 3 is 2.55 bits per heavy atom. The Morgan fingerprint density at radius 2 is 1.97 bits per heavy atom. The maximum Gasteiger partial charge on any atom is 0.254 e. The average molecular weight is 444 g/mol. The number of carbonyl (C=O) groups excluding carboxylic acids is 1. The van der Waals surface area contributed by atoms with Gasteiger partial charge in [0.25, 0.3) is 5.69 Å². The largest absolute Gasteiger partial charge is 0.393 e. The number of hydrogen-bond donors (Lipinski definition) is 1. The van der Waals surface area contributed by atoms with Gasteiger partial charge >= 0.3 is 0 Å². The second kappa shape index (κ2) is 7.87. The summed E-state index contributed by atoms with van der Waals surface area (Å²) in [5.74, 6) is 1.78. The zero-order valence-corrected chi connectivity index (χ0v) is 19.3. The number of anilines is 1. The zero-order chi connectivity index (χ0) is 23.3. The molecular formula is C26H29N5O2. The standard InChI is InChI=1S/C26H29N5O2/c1-15(2)31-25(27)24(28-4)23(29-31)19-7-5-18(6-8-19)16(3)22(32)10-21-9-20(30-33-21)14-26-11-17(12-26)13-26/h5-9,15-17H,10-14,27H2,1-3H3. The summed E-state index contributed by atoms with van der Waals surface area (Å²) in [6, 6.07) is 9.66. The van der Waals surface area contributed by atoms with Crippen LogP contribution in [0.1, 0.15) is 69.0 Å². The van der Waals surface area contributed by atoms with Crippen LogP contribution in [0.15, 0.2) is 34.9 Å². The van der Waals surface area contributed by atoms with Gasteiger partial charge in [0.2, 0.25) is 0 Å². The van der Waals surface area contributed by atoms with Crippen molar-refractivity contribution >= 4 is 17.3 Å². The van der Waals surface area contributed by atoms with Crippen molar-refractivity contribution in [2.75, 3.05) is 5.73 Å². The molecule has 2 aromatic heterocycles. The summed E-state index contributed by atoms with van der Waals surface area (Å²) >= 11 is 0. The number of nitrogens with two attached hydrogens (primary N) is 1. The van der Waals surface area contributed by atoms with Gasteiger partial charge in [-0.15, -0.1) is 0 Å². The molecule has 3 aromatic rings. The Morgan fingerprint density at radius 1 is 1.27 bits per heavy atom. The van der Waals surface area contributed by atoms with Crippen LogP contribution in [0.25, 0.3) is 16.1 Å². The van der Waals surface area contributed by atoms with Gasteiger partial charge in [-0.2, -0.15) is 5.10 Å². The Bertz CT molecular complexity index is 1230. The van der Waals surface area contributed by atoms with Crippen LogP contribution in [0.5, 0.6) is 0 Å². The predicted octanol–water partition coefficient (Wildman–Crippen LogP) is 5.51. The fourth-order valence-electron chi connectivity index (χ4n) is 5.36. The molecule has 1 unspecified atom stereocenters. The van der Waals surface area contributed by atoms with Crippen LogP contribution in [0.3, 0.4) is 0 Å². The lowest BCUT2D eigenvalue weighted by Gasteiger charge is -2.62. The first-order valence-electron chi connectivity index (χ1n) is 11.6. The molecule has 2 N–H and O–H groups in total. The number of rotatable bonds is 8. The van der Waals surface area contributed by atoms with E-state index in [-0.39, 0.29) is 24.2 Å². The number of carbonyl (C=O) groups is 1. The summed E-state index contributed by atoms with van der Waals surface area (Å²) in [5, 5.41) is 8.75. The first kappa shape index (κ1) is 21.4. The lowest BCUT2D eigenvalue weighted by atomic mass is 9.43. The smallest absolute Gasteiger partial charge is 0.254 e. The van der Waals surface area contributed by atoms with Gasteiger partial charge in [0.1, 0.15) is 23.1 Å². The van der Waals surface area contributed by atoms with Crippen molar-refractivity contribution in [2.45, 2.75) is 64.8 Å². The van der Waals surface area contributed by atoms with Crippen LogP contribution in [-0.4, -0.2) is 20.7 Å². The SMILES string of the molecule is [C-]#[N+]c1c(-c2ccc(C(C)C(=O)Cc3cc(CC45CC(C4)C5)no3)cc2)nn(C(C)C)c1N. The third-order valence-corrected chi connectivity index (χ3v) is 7.37. The molecule has 170 valence electrons. The van der Waals surface area contributed by atoms with Gasteiger partial charge in [-0.3, -0.25) is 9.48 Å². The molecule has 0 aliphatic heterocycles. The zero-order valence-electron chi connectivity index (χ0n) is 19.3. The topological polar surface area (TPSA) is 91.3 Å². The second-order valence-corrected chi connectivity index (χ2v) is 10.2. The highest BCUT2D eigenvalue weighted by atomic mass is 16.5. The first-order valence-corrected chi connectivity index (χ1v) is 11.6. The Kier molecular flexibility index (Phi) is 5.12. The highest BCUT2D eigenvalue weighted by Crippen LogP contribution is 2.65. The highest BCUT2D eigenvalue weighted by molar-refractivity contribution is 5.87. The fraction of sp³-hybridized carbons (Fsp3) is 0.462. The molecule has 2 heterocycles. The minimum atomic E-state index is -0.274. The van der Waals surface area contributed by atoms with Crippen LogP contribution in [0.2, 0.25) is 0 Å². The van der Waals surface area contributed by atoms with E-state index in [2.05, 4.69) is 15.1 Å². The van der Waals surface area contributed by atoms with Crippen LogP contribution in [-0.2, 0) is 17.6 Å². The van der Waals surface area contributed by atoms with Gasteiger partial charge in [0, 0.05) is 18.0 Å². The molecule has 0 saturated heterocycles. The highest BCUT2D eigenvalue weighted by Gasteiger charge is 2.56. The van der Waals surface area contributed by atoms with Crippen LogP contribution >= 0.6 is 0 Å². The molecule has 0 radical (unpaired) electrons. The van der Waals surface area contributed by atoms with E-state index in [1.165, 1.54) is 19.3 Å². The summed E-state index contributed by atoms with van der Waals surface area (Å²) in [4.78, 5) is 16.5. The van der Waals surface area contributed by atoms with Gasteiger partial charge in [-0.05, 0) is 62.0 Å². The van der Waals surface area contributed by atoms with Crippen molar-refractivity contribution in [3.8, 4) is 11.3 Å². The summed E-state index contributed by atoms with van der Waals surface area (Å²) < 4.78 is 7.14. The third-order valence-electron chi connectivity index (χ3n) is 7.37. The molecule has 3 aliphatic rings. The van der Waals surface area contributed by atoms with E-state index in [9.17, 15) is 4.79 Å². The van der Waals surface area contributed by atoms with Crippen molar-refractivity contribution in [1.29, 1.82) is 0 Å². The lowest BCUT2D eigenvalue weighted by Crippen LogP contribution is -2.52. The molecule has 3 saturated carbocycles. The first-order chi connectivity index (χ1) is 15.8. The van der Waals surface area contributed by atoms with E-state index >= 15 is 0 Å². The Balaban J connectivity index is 1.26. The molecule has 7 heteroatoms. The molecule has 0 amide bonds. The molecule has 3 fully saturated rings. The molecule has 1 aromatic carbocycles. The molecule has 1 atom stereocenters. The van der Waals surface area contributed by atoms with Gasteiger partial charge in [-0.25, -0.2) is 4.85 Å². The van der Waals surface area contributed by atoms with Crippen molar-refractivity contribution in [3.63, 3.8) is 0 Å². The molecule has 33 heavy (non-hydrogen) atoms. The minimum absolute atomic E-state index is 0.0618. The van der Waals surface area contributed by atoms with E-state index in [0.29, 0.717) is 28.4 Å². The van der Waals surface area contributed by atoms with Crippen molar-refractivity contribution < 1.29 is 9.32 Å². The molecule has 2 bridgehead atoms. The van der Waals surface area contributed by atoms with Gasteiger partial charge in [0.15, 0.2) is 0 Å². The predicted molar refractivity (Wildman–Crippen MR) is 126 cm³/mol. The number of nitrogen functional groups attached to an aromatic ring is 1. The van der Waals surface area contributed by atoms with E-state index in [1.807, 2.05) is 51.1 Å². The minimum Gasteiger partial charge on any atom is -0.393 e. The van der Waals surface area contributed by atoms with E-state index < -0.39 is 0 Å². The molecule has 0 spiro atoms. The van der Waals surface area contributed by atoms with Crippen molar-refractivity contribution in [3.05, 3.63) is 58.8 Å². The van der Waals surface area contributed by atoms with Crippen LogP contribution in [0.4, 0.5) is 11.5 Å². The van der Waals surface area contributed by atoms with Crippen LogP contribution in [0, 0.1) is 17.9 Å². The number of hydrogen-bond acceptors (Lipinski definition) is 5. The fourth-order valence-corrected chi connectivity index (χ4v) is 5.36. The van der Waals surface area contributed by atoms with E-state index in [4.69, 9.17) is 16.8 Å². The van der Waals surface area contributed by atoms with Gasteiger partial charge < -0.3 is 10.3 Å². The summed E-state index contributed by atoms with van der Waals surface area (Å²) in [6.07, 6.45) is 5.18. The Hall–Kier alpha value is -3.40. The molecular weight excluding hydrogens is 414 g/mol. The maximum absolute atomic E-state index is 12.9. The number of Topliss-reactive ketones (excluding diaryl/α,β-unsaturated/α-hetero) is 1. The monoisotopic (exact) mass is 443 g/mol.